The Balaban J connectivity index is 1.75. The summed E-state index contributed by atoms with van der Waals surface area (Å²) in [4.78, 5) is 33.2. The first-order valence-electron chi connectivity index (χ1n) is 9.37. The summed E-state index contributed by atoms with van der Waals surface area (Å²) in [6.07, 6.45) is 2.46. The minimum atomic E-state index is -0.496. The van der Waals surface area contributed by atoms with Crippen LogP contribution < -0.4 is 10.6 Å². The number of aromatic nitrogens is 2. The molecule has 2 N–H and O–H groups in total. The fourth-order valence-electron chi connectivity index (χ4n) is 2.66. The fraction of sp³-hybridized carbons (Fsp3) is 0.182. The van der Waals surface area contributed by atoms with E-state index < -0.39 is 11.9 Å². The largest absolute Gasteiger partial charge is 0.462 e. The molecule has 1 heterocycles. The Morgan fingerprint density at radius 1 is 1.00 bits per heavy atom. The van der Waals surface area contributed by atoms with Crippen molar-refractivity contribution in [3.8, 4) is 0 Å². The average Bonchev–Trinajstić information content (AvgIpc) is 2.75. The van der Waals surface area contributed by atoms with Gasteiger partial charge in [-0.15, -0.1) is 0 Å². The van der Waals surface area contributed by atoms with Crippen LogP contribution >= 0.6 is 0 Å². The number of ether oxygens (including phenoxy) is 1. The monoisotopic (exact) mass is 390 g/mol. The van der Waals surface area contributed by atoms with E-state index in [0.717, 1.165) is 12.1 Å². The molecule has 3 rings (SSSR count). The van der Waals surface area contributed by atoms with E-state index in [1.54, 1.807) is 31.2 Å². The van der Waals surface area contributed by atoms with E-state index >= 15 is 0 Å². The molecule has 0 atom stereocenters. The molecule has 0 aliphatic rings. The van der Waals surface area contributed by atoms with E-state index in [9.17, 15) is 9.59 Å². The lowest BCUT2D eigenvalue weighted by atomic mass is 10.1. The second-order valence-corrected chi connectivity index (χ2v) is 6.16. The molecule has 0 fully saturated rings. The van der Waals surface area contributed by atoms with Crippen LogP contribution in [0.25, 0.3) is 0 Å². The van der Waals surface area contributed by atoms with Gasteiger partial charge in [0.15, 0.2) is 0 Å². The topological polar surface area (TPSA) is 93.2 Å². The third-order valence-corrected chi connectivity index (χ3v) is 4.18. The zero-order valence-electron chi connectivity index (χ0n) is 16.3. The lowest BCUT2D eigenvalue weighted by molar-refractivity contribution is 0.0527. The minimum Gasteiger partial charge on any atom is -0.462 e. The molecule has 0 bridgehead atoms. The molecule has 7 nitrogen and oxygen atoms in total. The van der Waals surface area contributed by atoms with Gasteiger partial charge in [-0.3, -0.25) is 4.79 Å². The molecule has 7 heteroatoms. The zero-order valence-corrected chi connectivity index (χ0v) is 16.3. The number of esters is 1. The van der Waals surface area contributed by atoms with Crippen molar-refractivity contribution in [3.05, 3.63) is 77.6 Å². The van der Waals surface area contributed by atoms with Crippen LogP contribution in [0.3, 0.4) is 0 Å². The van der Waals surface area contributed by atoms with Crippen molar-refractivity contribution in [2.75, 3.05) is 17.2 Å². The lowest BCUT2D eigenvalue weighted by Gasteiger charge is -2.11. The van der Waals surface area contributed by atoms with Gasteiger partial charge in [-0.1, -0.05) is 31.2 Å². The van der Waals surface area contributed by atoms with Crippen molar-refractivity contribution in [1.29, 1.82) is 0 Å². The Bertz CT molecular complexity index is 1000. The highest BCUT2D eigenvalue weighted by atomic mass is 16.5. The molecule has 148 valence electrons. The number of anilines is 3. The predicted octanol–water partition coefficient (Wildman–Crippen LogP) is 4.21. The van der Waals surface area contributed by atoms with Gasteiger partial charge in [0.05, 0.1) is 17.9 Å². The number of benzene rings is 2. The molecule has 0 saturated carbocycles. The SMILES string of the molecule is CCOC(=O)c1ccccc1NC(=O)c1ccnc(Nc2ccc(CC)cc2)n1. The highest BCUT2D eigenvalue weighted by Crippen LogP contribution is 2.18. The number of hydrogen-bond acceptors (Lipinski definition) is 6. The van der Waals surface area contributed by atoms with Gasteiger partial charge in [0.1, 0.15) is 5.69 Å². The van der Waals surface area contributed by atoms with Crippen LogP contribution in [0.5, 0.6) is 0 Å². The van der Waals surface area contributed by atoms with Crippen molar-refractivity contribution in [2.45, 2.75) is 20.3 Å². The summed E-state index contributed by atoms with van der Waals surface area (Å²) < 4.78 is 5.03. The smallest absolute Gasteiger partial charge is 0.340 e. The minimum absolute atomic E-state index is 0.173. The fourth-order valence-corrected chi connectivity index (χ4v) is 2.66. The summed E-state index contributed by atoms with van der Waals surface area (Å²) in [6.45, 7) is 4.07. The molecule has 0 radical (unpaired) electrons. The van der Waals surface area contributed by atoms with Crippen LogP contribution in [0.4, 0.5) is 17.3 Å². The number of rotatable bonds is 7. The molecule has 0 spiro atoms. The lowest BCUT2D eigenvalue weighted by Crippen LogP contribution is -2.17. The number of hydrogen-bond donors (Lipinski definition) is 2. The van der Waals surface area contributed by atoms with Crippen molar-refractivity contribution >= 4 is 29.2 Å². The molecule has 0 aliphatic heterocycles. The van der Waals surface area contributed by atoms with Crippen LogP contribution in [0.1, 0.15) is 40.3 Å². The van der Waals surface area contributed by atoms with E-state index in [1.165, 1.54) is 17.8 Å². The van der Waals surface area contributed by atoms with Gasteiger partial charge >= 0.3 is 5.97 Å². The Kier molecular flexibility index (Phi) is 6.52. The number of nitrogens with one attached hydrogen (secondary N) is 2. The summed E-state index contributed by atoms with van der Waals surface area (Å²) in [6, 6.07) is 16.1. The average molecular weight is 390 g/mol. The summed E-state index contributed by atoms with van der Waals surface area (Å²) in [5.74, 6) is -0.641. The van der Waals surface area contributed by atoms with Crippen LogP contribution in [0.2, 0.25) is 0 Å². The van der Waals surface area contributed by atoms with Gasteiger partial charge in [0.25, 0.3) is 5.91 Å². The number of amides is 1. The van der Waals surface area contributed by atoms with Crippen LogP contribution in [-0.2, 0) is 11.2 Å². The Morgan fingerprint density at radius 3 is 2.48 bits per heavy atom. The third kappa shape index (κ3) is 5.16. The van der Waals surface area contributed by atoms with Crippen LogP contribution in [-0.4, -0.2) is 28.5 Å². The van der Waals surface area contributed by atoms with Crippen molar-refractivity contribution in [3.63, 3.8) is 0 Å². The van der Waals surface area contributed by atoms with Gasteiger partial charge in [0.2, 0.25) is 5.95 Å². The maximum absolute atomic E-state index is 12.7. The summed E-state index contributed by atoms with van der Waals surface area (Å²) >= 11 is 0. The van der Waals surface area contributed by atoms with Gasteiger partial charge in [-0.05, 0) is 49.2 Å². The first-order chi connectivity index (χ1) is 14.1. The van der Waals surface area contributed by atoms with Gasteiger partial charge in [0, 0.05) is 11.9 Å². The number of aryl methyl sites for hydroxylation is 1. The first kappa shape index (κ1) is 20.0. The summed E-state index contributed by atoms with van der Waals surface area (Å²) in [5, 5.41) is 5.80. The Labute approximate surface area is 169 Å². The van der Waals surface area contributed by atoms with Crippen molar-refractivity contribution < 1.29 is 14.3 Å². The van der Waals surface area contributed by atoms with Gasteiger partial charge < -0.3 is 15.4 Å². The molecule has 0 unspecified atom stereocenters. The molecule has 0 saturated heterocycles. The molecule has 3 aromatic rings. The summed E-state index contributed by atoms with van der Waals surface area (Å²) in [7, 11) is 0. The van der Waals surface area contributed by atoms with Crippen LogP contribution in [0, 0.1) is 0 Å². The summed E-state index contributed by atoms with van der Waals surface area (Å²) in [5.41, 5.74) is 2.87. The number of carbonyl (C=O) groups excluding carboxylic acids is 2. The zero-order chi connectivity index (χ0) is 20.6. The van der Waals surface area contributed by atoms with E-state index in [4.69, 9.17) is 4.74 Å². The number of carbonyl (C=O) groups is 2. The Hall–Kier alpha value is -3.74. The van der Waals surface area contributed by atoms with E-state index in [2.05, 4.69) is 27.5 Å². The standard InChI is InChI=1S/C22H22N4O3/c1-3-15-9-11-16(12-10-15)24-22-23-14-13-19(26-22)20(27)25-18-8-6-5-7-17(18)21(28)29-4-2/h5-14H,3-4H2,1-2H3,(H,25,27)(H,23,24,26). The first-order valence-corrected chi connectivity index (χ1v) is 9.37. The van der Waals surface area contributed by atoms with Crippen molar-refractivity contribution in [1.82, 2.24) is 9.97 Å². The number of nitrogens with zero attached hydrogens (tertiary/aromatic N) is 2. The molecule has 1 amide bonds. The Morgan fingerprint density at radius 2 is 1.76 bits per heavy atom. The predicted molar refractivity (Wildman–Crippen MR) is 111 cm³/mol. The van der Waals surface area contributed by atoms with E-state index in [-0.39, 0.29) is 17.9 Å². The van der Waals surface area contributed by atoms with E-state index in [0.29, 0.717) is 11.6 Å². The van der Waals surface area contributed by atoms with Gasteiger partial charge in [-0.25, -0.2) is 14.8 Å². The molecular weight excluding hydrogens is 368 g/mol. The second-order valence-electron chi connectivity index (χ2n) is 6.16. The van der Waals surface area contributed by atoms with Gasteiger partial charge in [-0.2, -0.15) is 0 Å². The maximum atomic E-state index is 12.7. The molecule has 1 aromatic heterocycles. The molecular formula is C22H22N4O3. The molecule has 29 heavy (non-hydrogen) atoms. The van der Waals surface area contributed by atoms with Crippen LogP contribution in [0.15, 0.2) is 60.8 Å². The highest BCUT2D eigenvalue weighted by molar-refractivity contribution is 6.07. The number of para-hydroxylation sites is 1. The second kappa shape index (κ2) is 9.45. The quantitative estimate of drug-likeness (QED) is 0.587. The maximum Gasteiger partial charge on any atom is 0.340 e. The third-order valence-electron chi connectivity index (χ3n) is 4.18. The molecule has 2 aromatic carbocycles. The highest BCUT2D eigenvalue weighted by Gasteiger charge is 2.16. The normalized spacial score (nSPS) is 10.3. The molecule has 0 aliphatic carbocycles. The van der Waals surface area contributed by atoms with Crippen molar-refractivity contribution in [2.24, 2.45) is 0 Å². The van der Waals surface area contributed by atoms with E-state index in [1.807, 2.05) is 24.3 Å².